The highest BCUT2D eigenvalue weighted by Crippen LogP contribution is 2.42. The minimum absolute atomic E-state index is 0.0154. The van der Waals surface area contributed by atoms with Crippen LogP contribution in [-0.2, 0) is 4.74 Å². The normalized spacial score (nSPS) is 30.7. The highest BCUT2D eigenvalue weighted by molar-refractivity contribution is 5.77. The van der Waals surface area contributed by atoms with Gasteiger partial charge in [0.25, 0.3) is 0 Å². The second kappa shape index (κ2) is 5.41. The number of aliphatic imine (C=N–C) groups is 1. The number of hydrogen-bond acceptors (Lipinski definition) is 9. The lowest BCUT2D eigenvalue weighted by Crippen LogP contribution is -2.42. The molecule has 1 fully saturated rings. The Bertz CT molecular complexity index is 749. The Morgan fingerprint density at radius 1 is 1.57 bits per heavy atom. The van der Waals surface area contributed by atoms with Crippen molar-refractivity contribution < 1.29 is 19.7 Å². The van der Waals surface area contributed by atoms with Crippen molar-refractivity contribution >= 4 is 23.8 Å². The van der Waals surface area contributed by atoms with Crippen LogP contribution in [0.2, 0.25) is 0 Å². The molecule has 10 heteroatoms. The van der Waals surface area contributed by atoms with Crippen LogP contribution < -0.4 is 10.5 Å². The number of anilines is 1. The van der Waals surface area contributed by atoms with Gasteiger partial charge in [0, 0.05) is 0 Å². The third-order valence-electron chi connectivity index (χ3n) is 4.13. The van der Waals surface area contributed by atoms with Crippen LogP contribution in [0.25, 0.3) is 11.2 Å². The van der Waals surface area contributed by atoms with Crippen molar-refractivity contribution in [3.63, 3.8) is 0 Å². The van der Waals surface area contributed by atoms with E-state index >= 15 is 0 Å². The smallest absolute Gasteiger partial charge is 0.246 e. The maximum Gasteiger partial charge on any atom is 0.246 e. The van der Waals surface area contributed by atoms with Crippen molar-refractivity contribution in [2.75, 3.05) is 19.5 Å². The fourth-order valence-corrected chi connectivity index (χ4v) is 2.78. The molecule has 2 aromatic heterocycles. The molecule has 0 bridgehead atoms. The van der Waals surface area contributed by atoms with Gasteiger partial charge in [0.15, 0.2) is 17.4 Å². The fourth-order valence-electron chi connectivity index (χ4n) is 2.78. The van der Waals surface area contributed by atoms with Crippen LogP contribution >= 0.6 is 0 Å². The standard InChI is InChI=1S/C13H18N6O4/c1-13(15-2)8(21)6(4-20)23-11(13)19-5-16-7-9(19)17-12(14)18-10(7)22-3/h5-6,8,11,20-21H,2,4H2,1,3H3,(H2,14,17,18)/t6-,8-,11-,13-/m1/s1. The van der Waals surface area contributed by atoms with Crippen molar-refractivity contribution in [1.82, 2.24) is 19.5 Å². The molecule has 1 aliphatic rings. The predicted molar refractivity (Wildman–Crippen MR) is 81.2 cm³/mol. The maximum absolute atomic E-state index is 10.4. The van der Waals surface area contributed by atoms with Crippen LogP contribution in [0.3, 0.4) is 0 Å². The fraction of sp³-hybridized carbons (Fsp3) is 0.538. The molecule has 3 heterocycles. The number of nitrogen functional groups attached to an aromatic ring is 1. The molecule has 0 saturated carbocycles. The topological polar surface area (TPSA) is 141 Å². The summed E-state index contributed by atoms with van der Waals surface area (Å²) >= 11 is 0. The Labute approximate surface area is 131 Å². The third-order valence-corrected chi connectivity index (χ3v) is 4.13. The minimum Gasteiger partial charge on any atom is -0.479 e. The first kappa shape index (κ1) is 15.6. The van der Waals surface area contributed by atoms with Gasteiger partial charge in [-0.05, 0) is 13.6 Å². The Kier molecular flexibility index (Phi) is 3.66. The maximum atomic E-state index is 10.4. The molecular weight excluding hydrogens is 304 g/mol. The summed E-state index contributed by atoms with van der Waals surface area (Å²) in [6.45, 7) is 4.87. The molecule has 1 aliphatic heterocycles. The zero-order valence-electron chi connectivity index (χ0n) is 12.7. The van der Waals surface area contributed by atoms with E-state index in [1.165, 1.54) is 13.4 Å². The van der Waals surface area contributed by atoms with Crippen LogP contribution in [0, 0.1) is 0 Å². The minimum atomic E-state index is -1.09. The zero-order chi connectivity index (χ0) is 16.8. The monoisotopic (exact) mass is 322 g/mol. The molecule has 3 rings (SSSR count). The number of nitrogens with two attached hydrogens (primary N) is 1. The Morgan fingerprint density at radius 2 is 2.30 bits per heavy atom. The molecular formula is C13H18N6O4. The molecule has 0 aliphatic carbocycles. The highest BCUT2D eigenvalue weighted by atomic mass is 16.5. The summed E-state index contributed by atoms with van der Waals surface area (Å²) in [6.07, 6.45) is -1.12. The van der Waals surface area contributed by atoms with E-state index in [0.717, 1.165) is 0 Å². The van der Waals surface area contributed by atoms with Crippen LogP contribution in [0.1, 0.15) is 13.2 Å². The van der Waals surface area contributed by atoms with Gasteiger partial charge in [-0.2, -0.15) is 9.97 Å². The van der Waals surface area contributed by atoms with Crippen LogP contribution in [-0.4, -0.2) is 67.9 Å². The molecule has 124 valence electrons. The number of aromatic nitrogens is 4. The largest absolute Gasteiger partial charge is 0.479 e. The molecule has 10 nitrogen and oxygen atoms in total. The first-order valence-corrected chi connectivity index (χ1v) is 6.92. The lowest BCUT2D eigenvalue weighted by atomic mass is 9.93. The first-order chi connectivity index (χ1) is 11.0. The SMILES string of the molecule is C=N[C@]1(C)[C@H](O)[C@@H](CO)O[C@H]1n1cnc2c(OC)nc(N)nc21. The summed E-state index contributed by atoms with van der Waals surface area (Å²) in [5.41, 5.74) is 5.39. The number of imidazole rings is 1. The molecule has 2 aromatic rings. The van der Waals surface area contributed by atoms with Crippen LogP contribution in [0.4, 0.5) is 5.95 Å². The van der Waals surface area contributed by atoms with Crippen LogP contribution in [0.5, 0.6) is 5.88 Å². The molecule has 4 N–H and O–H groups in total. The van der Waals surface area contributed by atoms with Gasteiger partial charge < -0.3 is 25.4 Å². The molecule has 0 aromatic carbocycles. The van der Waals surface area contributed by atoms with Gasteiger partial charge in [0.2, 0.25) is 11.8 Å². The van der Waals surface area contributed by atoms with Crippen LogP contribution in [0.15, 0.2) is 11.3 Å². The van der Waals surface area contributed by atoms with E-state index in [1.54, 1.807) is 11.5 Å². The lowest BCUT2D eigenvalue weighted by molar-refractivity contribution is -0.0454. The Balaban J connectivity index is 2.16. The average molecular weight is 322 g/mol. The van der Waals surface area contributed by atoms with Crippen molar-refractivity contribution in [3.05, 3.63) is 6.33 Å². The van der Waals surface area contributed by atoms with Gasteiger partial charge in [-0.25, -0.2) is 4.98 Å². The van der Waals surface area contributed by atoms with E-state index < -0.39 is 24.0 Å². The molecule has 0 unspecified atom stereocenters. The number of aliphatic hydroxyl groups is 2. The van der Waals surface area contributed by atoms with Crippen molar-refractivity contribution in [3.8, 4) is 5.88 Å². The molecule has 1 saturated heterocycles. The third kappa shape index (κ3) is 2.14. The molecule has 4 atom stereocenters. The van der Waals surface area contributed by atoms with Gasteiger partial charge in [0.05, 0.1) is 20.0 Å². The van der Waals surface area contributed by atoms with Gasteiger partial charge in [-0.3, -0.25) is 9.56 Å². The average Bonchev–Trinajstić information content (AvgIpc) is 3.07. The van der Waals surface area contributed by atoms with E-state index in [0.29, 0.717) is 11.2 Å². The summed E-state index contributed by atoms with van der Waals surface area (Å²) in [5, 5.41) is 19.8. The molecule has 0 radical (unpaired) electrons. The molecule has 23 heavy (non-hydrogen) atoms. The zero-order valence-corrected chi connectivity index (χ0v) is 12.7. The number of methoxy groups -OCH3 is 1. The van der Waals surface area contributed by atoms with E-state index in [9.17, 15) is 10.2 Å². The summed E-state index contributed by atoms with van der Waals surface area (Å²) in [4.78, 5) is 16.4. The van der Waals surface area contributed by atoms with Gasteiger partial charge >= 0.3 is 0 Å². The van der Waals surface area contributed by atoms with Gasteiger partial charge in [0.1, 0.15) is 17.7 Å². The summed E-state index contributed by atoms with van der Waals surface area (Å²) in [5.74, 6) is 0.249. The van der Waals surface area contributed by atoms with Gasteiger partial charge in [-0.15, -0.1) is 0 Å². The summed E-state index contributed by atoms with van der Waals surface area (Å²) in [6, 6.07) is 0. The molecule has 0 spiro atoms. The number of nitrogens with zero attached hydrogens (tertiary/aromatic N) is 5. The Morgan fingerprint density at radius 3 is 2.91 bits per heavy atom. The summed E-state index contributed by atoms with van der Waals surface area (Å²) in [7, 11) is 1.45. The van der Waals surface area contributed by atoms with Crippen molar-refractivity contribution in [1.29, 1.82) is 0 Å². The van der Waals surface area contributed by atoms with Gasteiger partial charge in [-0.1, -0.05) is 0 Å². The van der Waals surface area contributed by atoms with Crippen molar-refractivity contribution in [2.24, 2.45) is 4.99 Å². The number of ether oxygens (including phenoxy) is 2. The van der Waals surface area contributed by atoms with E-state index in [-0.39, 0.29) is 18.4 Å². The Hall–Kier alpha value is -2.30. The quantitative estimate of drug-likeness (QED) is 0.617. The predicted octanol–water partition coefficient (Wildman–Crippen LogP) is -0.873. The second-order valence-electron chi connectivity index (χ2n) is 5.45. The highest BCUT2D eigenvalue weighted by Gasteiger charge is 2.54. The summed E-state index contributed by atoms with van der Waals surface area (Å²) < 4.78 is 12.5. The van der Waals surface area contributed by atoms with E-state index in [4.69, 9.17) is 15.2 Å². The second-order valence-corrected chi connectivity index (χ2v) is 5.45. The van der Waals surface area contributed by atoms with E-state index in [1.807, 2.05) is 0 Å². The number of fused-ring (bicyclic) bond motifs is 1. The number of aliphatic hydroxyl groups excluding tert-OH is 2. The van der Waals surface area contributed by atoms with E-state index in [2.05, 4.69) is 26.7 Å². The molecule has 0 amide bonds. The van der Waals surface area contributed by atoms with Crippen molar-refractivity contribution in [2.45, 2.75) is 30.9 Å². The number of hydrogen-bond donors (Lipinski definition) is 3. The lowest BCUT2D eigenvalue weighted by Gasteiger charge is -2.28. The first-order valence-electron chi connectivity index (χ1n) is 6.92. The number of rotatable bonds is 4.